The van der Waals surface area contributed by atoms with Crippen LogP contribution >= 0.6 is 7.29 Å². The second-order valence-corrected chi connectivity index (χ2v) is 13.4. The summed E-state index contributed by atoms with van der Waals surface area (Å²) < 4.78 is 23.4. The molecule has 7 nitrogen and oxygen atoms in total. The zero-order valence-corrected chi connectivity index (χ0v) is 21.3. The molecule has 2 fully saturated rings. The molecule has 5 unspecified atom stereocenters. The number of aliphatic hydroxyl groups is 1. The van der Waals surface area contributed by atoms with Gasteiger partial charge in [-0.1, -0.05) is 77.8 Å². The van der Waals surface area contributed by atoms with Crippen LogP contribution in [0.2, 0.25) is 0 Å². The fraction of sp³-hybridized carbons (Fsp3) is 0.345. The molecule has 8 heteroatoms. The fourth-order valence-corrected chi connectivity index (χ4v) is 9.80. The predicted octanol–water partition coefficient (Wildman–Crippen LogP) is 5.73. The number of Topliss-reactive ketones (excluding diaryl/α,β-unsaturated/α-hetero) is 1. The van der Waals surface area contributed by atoms with Crippen LogP contribution in [-0.2, 0) is 9.30 Å². The maximum atomic E-state index is 15.1. The summed E-state index contributed by atoms with van der Waals surface area (Å²) in [5, 5.41) is 18.7. The molecule has 3 aromatic rings. The van der Waals surface area contributed by atoms with Crippen molar-refractivity contribution in [3.05, 3.63) is 102 Å². The van der Waals surface area contributed by atoms with Crippen LogP contribution in [0.3, 0.4) is 0 Å². The predicted molar refractivity (Wildman–Crippen MR) is 139 cm³/mol. The Hall–Kier alpha value is -3.12. The average molecular weight is 515 g/mol. The number of benzene rings is 3. The Kier molecular flexibility index (Phi) is 5.26. The van der Waals surface area contributed by atoms with Crippen LogP contribution in [0.1, 0.15) is 53.0 Å². The van der Waals surface area contributed by atoms with Crippen LogP contribution in [0.25, 0.3) is 0 Å². The molecule has 188 valence electrons. The molecule has 1 saturated carbocycles. The van der Waals surface area contributed by atoms with Gasteiger partial charge in [-0.25, -0.2) is 0 Å². The number of ether oxygens (including phenoxy) is 1. The number of para-hydroxylation sites is 1. The highest BCUT2D eigenvalue weighted by atomic mass is 31.2. The molecule has 4 aliphatic rings. The Morgan fingerprint density at radius 3 is 2.14 bits per heavy atom. The maximum Gasteiger partial charge on any atom is 0.285 e. The summed E-state index contributed by atoms with van der Waals surface area (Å²) >= 11 is 0. The summed E-state index contributed by atoms with van der Waals surface area (Å²) in [5.74, 6) is -0.650. The van der Waals surface area contributed by atoms with E-state index in [0.29, 0.717) is 36.4 Å². The highest BCUT2D eigenvalue weighted by Gasteiger charge is 2.71. The van der Waals surface area contributed by atoms with Gasteiger partial charge in [0.05, 0.1) is 41.2 Å². The van der Waals surface area contributed by atoms with Gasteiger partial charge in [0.25, 0.3) is 13.0 Å². The van der Waals surface area contributed by atoms with Gasteiger partial charge in [-0.2, -0.15) is 0 Å². The number of rotatable bonds is 3. The van der Waals surface area contributed by atoms with Gasteiger partial charge in [0, 0.05) is 0 Å². The van der Waals surface area contributed by atoms with Crippen LogP contribution < -0.4 is 5.01 Å². The Bertz CT molecular complexity index is 1390. The van der Waals surface area contributed by atoms with Crippen LogP contribution in [0.15, 0.2) is 90.2 Å². The molecule has 0 bridgehead atoms. The van der Waals surface area contributed by atoms with Gasteiger partial charge >= 0.3 is 0 Å². The van der Waals surface area contributed by atoms with Crippen molar-refractivity contribution in [2.45, 2.75) is 43.2 Å². The SMILES string of the molecule is O=C1c2ccccc2N2N=[N+](P3(=O)CC(c4ccccc4)OC(c4ccccc4)C3)C3CCCC1C32O. The Balaban J connectivity index is 1.35. The maximum absolute atomic E-state index is 15.1. The Morgan fingerprint density at radius 1 is 0.892 bits per heavy atom. The molecule has 0 aromatic heterocycles. The molecular weight excluding hydrogens is 485 g/mol. The van der Waals surface area contributed by atoms with Crippen molar-refractivity contribution in [3.63, 3.8) is 0 Å². The molecule has 1 N–H and O–H groups in total. The number of fused-ring (bicyclic) bond motifs is 2. The van der Waals surface area contributed by atoms with Crippen molar-refractivity contribution < 1.29 is 23.7 Å². The van der Waals surface area contributed by atoms with Crippen molar-refractivity contribution in [2.75, 3.05) is 17.3 Å². The molecule has 1 saturated heterocycles. The van der Waals surface area contributed by atoms with Gasteiger partial charge in [-0.3, -0.25) is 9.36 Å². The number of carbonyl (C=O) groups excluding carboxylic acids is 1. The smallest absolute Gasteiger partial charge is 0.285 e. The van der Waals surface area contributed by atoms with Crippen LogP contribution in [-0.4, -0.2) is 39.4 Å². The van der Waals surface area contributed by atoms with Crippen molar-refractivity contribution >= 4 is 18.8 Å². The molecule has 3 heterocycles. The molecule has 5 atom stereocenters. The fourth-order valence-electron chi connectivity index (χ4n) is 6.67. The third-order valence-corrected chi connectivity index (χ3v) is 11.3. The van der Waals surface area contributed by atoms with E-state index in [4.69, 9.17) is 9.96 Å². The summed E-state index contributed by atoms with van der Waals surface area (Å²) in [5.41, 5.74) is 1.59. The van der Waals surface area contributed by atoms with Gasteiger partial charge in [0.15, 0.2) is 17.5 Å². The minimum atomic E-state index is -3.19. The lowest BCUT2D eigenvalue weighted by molar-refractivity contribution is -0.498. The third kappa shape index (κ3) is 3.41. The molecule has 37 heavy (non-hydrogen) atoms. The van der Waals surface area contributed by atoms with Gasteiger partial charge in [0.1, 0.15) is 0 Å². The lowest BCUT2D eigenvalue weighted by Gasteiger charge is -2.42. The van der Waals surface area contributed by atoms with Crippen LogP contribution in [0.4, 0.5) is 5.69 Å². The van der Waals surface area contributed by atoms with Crippen molar-refractivity contribution in [1.29, 1.82) is 0 Å². The first-order valence-electron chi connectivity index (χ1n) is 13.0. The molecule has 7 rings (SSSR count). The molecule has 0 radical (unpaired) electrons. The van der Waals surface area contributed by atoms with Crippen molar-refractivity contribution in [2.24, 2.45) is 11.1 Å². The Labute approximate surface area is 215 Å². The zero-order valence-electron chi connectivity index (χ0n) is 20.4. The highest BCUT2D eigenvalue weighted by Crippen LogP contribution is 2.63. The third-order valence-electron chi connectivity index (χ3n) is 8.43. The molecule has 0 spiro atoms. The minimum absolute atomic E-state index is 0.0503. The lowest BCUT2D eigenvalue weighted by Crippen LogP contribution is -2.64. The second-order valence-electron chi connectivity index (χ2n) is 10.5. The Morgan fingerprint density at radius 2 is 1.49 bits per heavy atom. The summed E-state index contributed by atoms with van der Waals surface area (Å²) in [6.45, 7) is 0. The minimum Gasteiger partial charge on any atom is -0.364 e. The molecule has 1 aliphatic carbocycles. The van der Waals surface area contributed by atoms with E-state index in [0.717, 1.165) is 17.5 Å². The first-order valence-corrected chi connectivity index (χ1v) is 15.0. The molecule has 3 aromatic carbocycles. The number of anilines is 1. The van der Waals surface area contributed by atoms with Crippen molar-refractivity contribution in [3.8, 4) is 0 Å². The zero-order chi connectivity index (χ0) is 25.2. The van der Waals surface area contributed by atoms with Crippen molar-refractivity contribution in [1.82, 2.24) is 0 Å². The van der Waals surface area contributed by atoms with E-state index in [1.165, 1.54) is 0 Å². The standard InChI is InChI=1S/C29H29N3O4P/c33-28-22-14-7-8-16-24(22)31-29(34)23(28)15-9-17-27(29)32(30-31)37(35)18-25(20-10-3-1-4-11-20)36-26(19-37)21-12-5-2-6-13-21/h1-8,10-14,16,23,25-27,34H,9,15,17-19H2/q+1. The number of ketones is 1. The molecule has 0 amide bonds. The summed E-state index contributed by atoms with van der Waals surface area (Å²) in [6.07, 6.45) is 1.83. The molecular formula is C29H29N3O4P+. The normalized spacial score (nSPS) is 34.5. The van der Waals surface area contributed by atoms with Gasteiger partial charge < -0.3 is 9.84 Å². The highest BCUT2D eigenvalue weighted by molar-refractivity contribution is 7.57. The van der Waals surface area contributed by atoms with E-state index in [2.05, 4.69) is 0 Å². The van der Waals surface area contributed by atoms with E-state index in [1.54, 1.807) is 15.5 Å². The summed E-state index contributed by atoms with van der Waals surface area (Å²) in [7, 11) is -3.19. The summed E-state index contributed by atoms with van der Waals surface area (Å²) in [6, 6.07) is 26.6. The van der Waals surface area contributed by atoms with Crippen LogP contribution in [0, 0.1) is 5.92 Å². The summed E-state index contributed by atoms with van der Waals surface area (Å²) in [4.78, 5) is 13.5. The van der Waals surface area contributed by atoms with Crippen LogP contribution in [0.5, 0.6) is 0 Å². The quantitative estimate of drug-likeness (QED) is 0.452. The topological polar surface area (TPSA) is 82.2 Å². The van der Waals surface area contributed by atoms with E-state index < -0.39 is 25.0 Å². The largest absolute Gasteiger partial charge is 0.364 e. The van der Waals surface area contributed by atoms with E-state index in [-0.39, 0.29) is 18.0 Å². The van der Waals surface area contributed by atoms with Gasteiger partial charge in [-0.05, 0) is 42.5 Å². The van der Waals surface area contributed by atoms with E-state index in [9.17, 15) is 9.90 Å². The monoisotopic (exact) mass is 514 g/mol. The lowest BCUT2D eigenvalue weighted by atomic mass is 9.71. The first kappa shape index (κ1) is 23.0. The average Bonchev–Trinajstić information content (AvgIpc) is 3.26. The number of nitrogens with zero attached hydrogens (tertiary/aromatic N) is 3. The molecule has 3 aliphatic heterocycles. The van der Waals surface area contributed by atoms with E-state index >= 15 is 4.57 Å². The van der Waals surface area contributed by atoms with Gasteiger partial charge in [0.2, 0.25) is 0 Å². The van der Waals surface area contributed by atoms with Gasteiger partial charge in [-0.15, -0.1) is 4.47 Å². The van der Waals surface area contributed by atoms with E-state index in [1.807, 2.05) is 78.9 Å². The second kappa shape index (κ2) is 8.45. The first-order chi connectivity index (χ1) is 18.0. The number of carbonyl (C=O) groups is 1. The number of hydrogen-bond acceptors (Lipinski definition) is 6. The number of hydrogen-bond donors (Lipinski definition) is 1.